The third-order valence-corrected chi connectivity index (χ3v) is 1.01. The van der Waals surface area contributed by atoms with E-state index in [1.54, 1.807) is 0 Å². The van der Waals surface area contributed by atoms with Gasteiger partial charge in [-0.15, -0.1) is 4.79 Å². The molecule has 0 aliphatic heterocycles. The highest BCUT2D eigenvalue weighted by Gasteiger charge is 1.84. The number of unbranched alkanes of at least 4 members (excludes halogenated alkanes) is 1. The molecular formula is C5H13N2O3P. The van der Waals surface area contributed by atoms with Crippen LogP contribution in [0.2, 0.25) is 0 Å². The van der Waals surface area contributed by atoms with Crippen molar-refractivity contribution in [3.8, 4) is 0 Å². The Bertz CT molecular complexity index is 143. The van der Waals surface area contributed by atoms with E-state index in [2.05, 4.69) is 23.2 Å². The highest BCUT2D eigenvalue weighted by Crippen LogP contribution is 2.10. The fraction of sp³-hybridized carbons (Fsp3) is 0.800. The lowest BCUT2D eigenvalue weighted by Gasteiger charge is -1.78. The molecule has 0 rings (SSSR count). The topological polar surface area (TPSA) is 82.9 Å². The zero-order valence-electron chi connectivity index (χ0n) is 6.65. The Morgan fingerprint density at radius 2 is 2.09 bits per heavy atom. The van der Waals surface area contributed by atoms with Crippen LogP contribution in [0.15, 0.2) is 0 Å². The van der Waals surface area contributed by atoms with Gasteiger partial charge in [-0.2, -0.15) is 0 Å². The molecular weight excluding hydrogens is 167 g/mol. The number of rotatable bonds is 3. The van der Waals surface area contributed by atoms with Gasteiger partial charge in [0.15, 0.2) is 0 Å². The molecule has 0 aliphatic rings. The van der Waals surface area contributed by atoms with Crippen molar-refractivity contribution in [2.75, 3.05) is 0 Å². The predicted octanol–water partition coefficient (Wildman–Crippen LogP) is 1.45. The average Bonchev–Trinajstić information content (AvgIpc) is 2.01. The molecule has 0 heterocycles. The van der Waals surface area contributed by atoms with Crippen LogP contribution >= 0.6 is 8.25 Å². The Morgan fingerprint density at radius 3 is 2.18 bits per heavy atom. The first kappa shape index (κ1) is 13.0. The molecule has 1 N–H and O–H groups in total. The molecule has 0 fully saturated rings. The second kappa shape index (κ2) is 12.1. The lowest BCUT2D eigenvalue weighted by molar-refractivity contribution is -0.0151. The van der Waals surface area contributed by atoms with E-state index >= 15 is 0 Å². The van der Waals surface area contributed by atoms with Crippen LogP contribution in [0.3, 0.4) is 0 Å². The Morgan fingerprint density at radius 1 is 1.64 bits per heavy atom. The highest BCUT2D eigenvalue weighted by molar-refractivity contribution is 7.32. The van der Waals surface area contributed by atoms with Crippen molar-refractivity contribution in [3.05, 3.63) is 5.53 Å². The Labute approximate surface area is 66.6 Å². The Kier molecular flexibility index (Phi) is 14.3. The molecule has 11 heavy (non-hydrogen) atoms. The molecule has 6 heteroatoms. The van der Waals surface area contributed by atoms with Crippen LogP contribution in [0.4, 0.5) is 0 Å². The van der Waals surface area contributed by atoms with Crippen molar-refractivity contribution in [2.45, 2.75) is 26.7 Å². The van der Waals surface area contributed by atoms with E-state index < -0.39 is 8.25 Å². The Balaban J connectivity index is 0. The van der Waals surface area contributed by atoms with E-state index in [1.165, 1.54) is 12.8 Å². The van der Waals surface area contributed by atoms with Crippen LogP contribution in [0, 0.1) is 0 Å². The van der Waals surface area contributed by atoms with Gasteiger partial charge in [0.1, 0.15) is 0 Å². The second-order valence-corrected chi connectivity index (χ2v) is 2.37. The maximum atomic E-state index is 9.52. The van der Waals surface area contributed by atoms with Crippen LogP contribution in [-0.4, -0.2) is 16.1 Å². The van der Waals surface area contributed by atoms with E-state index in [0.717, 1.165) is 0 Å². The van der Waals surface area contributed by atoms with E-state index in [-0.39, 0.29) is 0 Å². The summed E-state index contributed by atoms with van der Waals surface area (Å²) >= 11 is 0. The van der Waals surface area contributed by atoms with Gasteiger partial charge < -0.3 is 14.9 Å². The summed E-state index contributed by atoms with van der Waals surface area (Å²) in [5.74, 6) is 0. The molecule has 0 aromatic rings. The quantitative estimate of drug-likeness (QED) is 0.234. The molecule has 0 aromatic heterocycles. The summed E-state index contributed by atoms with van der Waals surface area (Å²) < 4.78 is 13.3. The fourth-order valence-electron chi connectivity index (χ4n) is 0.0687. The summed E-state index contributed by atoms with van der Waals surface area (Å²) in [4.78, 5) is 10.1. The average molecular weight is 180 g/mol. The van der Waals surface area contributed by atoms with Crippen LogP contribution < -0.4 is 0 Å². The zero-order chi connectivity index (χ0) is 9.11. The third kappa shape index (κ3) is 26.7. The van der Waals surface area contributed by atoms with Crippen LogP contribution in [-0.2, 0) is 9.09 Å². The minimum Gasteiger partial charge on any atom is -0.365 e. The first-order valence-electron chi connectivity index (χ1n) is 3.24. The normalized spacial score (nSPS) is 10.1. The summed E-state index contributed by atoms with van der Waals surface area (Å²) in [5.41, 5.74) is 7.53. The standard InChI is InChI=1S/C4H10.CH3N2O3P/c1-3-4-2;2-3-1-6-7(4)5/h3-4H2,1-2H3;1,7H,(H,4,5). The molecule has 0 saturated carbocycles. The van der Waals surface area contributed by atoms with Crippen molar-refractivity contribution in [1.29, 1.82) is 0 Å². The van der Waals surface area contributed by atoms with Gasteiger partial charge in [0.05, 0.1) is 0 Å². The molecule has 0 aromatic carbocycles. The zero-order valence-corrected chi connectivity index (χ0v) is 7.65. The van der Waals surface area contributed by atoms with Crippen molar-refractivity contribution in [1.82, 2.24) is 0 Å². The molecule has 0 aliphatic carbocycles. The third-order valence-electron chi connectivity index (χ3n) is 0.701. The van der Waals surface area contributed by atoms with E-state index in [1.807, 2.05) is 0 Å². The molecule has 5 nitrogen and oxygen atoms in total. The fourth-order valence-corrected chi connectivity index (χ4v) is 0.206. The van der Waals surface area contributed by atoms with Gasteiger partial charge in [-0.3, -0.25) is 0 Å². The molecule has 1 unspecified atom stereocenters. The van der Waals surface area contributed by atoms with Gasteiger partial charge in [-0.05, 0) is 0 Å². The highest BCUT2D eigenvalue weighted by atomic mass is 31.1. The van der Waals surface area contributed by atoms with Crippen LogP contribution in [0.1, 0.15) is 26.7 Å². The SMILES string of the molecule is CCCC.[N-]=[N+]=CO[PH](=O)O. The lowest BCUT2D eigenvalue weighted by Crippen LogP contribution is -1.71. The van der Waals surface area contributed by atoms with Gasteiger partial charge in [-0.1, -0.05) is 26.7 Å². The van der Waals surface area contributed by atoms with Gasteiger partial charge in [0.25, 0.3) is 0 Å². The smallest absolute Gasteiger partial charge is 0.365 e. The molecule has 66 valence electrons. The predicted molar refractivity (Wildman–Crippen MR) is 42.6 cm³/mol. The second-order valence-electron chi connectivity index (χ2n) is 1.60. The Hall–Kier alpha value is -0.630. The van der Waals surface area contributed by atoms with Gasteiger partial charge >= 0.3 is 14.7 Å². The van der Waals surface area contributed by atoms with Crippen molar-refractivity contribution >= 4 is 14.7 Å². The minimum absolute atomic E-state index is 0.487. The van der Waals surface area contributed by atoms with Crippen molar-refractivity contribution < 1.29 is 18.8 Å². The molecule has 0 amide bonds. The largest absolute Gasteiger partial charge is 0.444 e. The summed E-state index contributed by atoms with van der Waals surface area (Å²) in [6.07, 6.45) is 3.13. The maximum absolute atomic E-state index is 9.52. The van der Waals surface area contributed by atoms with E-state index in [4.69, 9.17) is 10.4 Å². The molecule has 1 atom stereocenters. The molecule has 0 spiro atoms. The van der Waals surface area contributed by atoms with Gasteiger partial charge in [0, 0.05) is 0 Å². The molecule has 0 saturated heterocycles. The van der Waals surface area contributed by atoms with Crippen molar-refractivity contribution in [2.24, 2.45) is 0 Å². The number of nitrogens with zero attached hydrogens (tertiary/aromatic N) is 2. The summed E-state index contributed by atoms with van der Waals surface area (Å²) in [7, 11) is -2.96. The first-order valence-corrected chi connectivity index (χ1v) is 4.50. The molecule has 0 bridgehead atoms. The summed E-state index contributed by atoms with van der Waals surface area (Å²) in [6, 6.07) is 0. The summed E-state index contributed by atoms with van der Waals surface area (Å²) in [6.45, 7) is 4.36. The minimum atomic E-state index is -2.96. The van der Waals surface area contributed by atoms with Crippen LogP contribution in [0.5, 0.6) is 0 Å². The summed E-state index contributed by atoms with van der Waals surface area (Å²) in [5, 5.41) is 0. The number of hydrogen-bond donors (Lipinski definition) is 1. The monoisotopic (exact) mass is 180 g/mol. The van der Waals surface area contributed by atoms with Crippen LogP contribution in [0.25, 0.3) is 5.53 Å². The number of hydrogen-bond acceptors (Lipinski definition) is 2. The maximum Gasteiger partial charge on any atom is 0.444 e. The van der Waals surface area contributed by atoms with Gasteiger partial charge in [0.2, 0.25) is 0 Å². The molecule has 0 radical (unpaired) electrons. The van der Waals surface area contributed by atoms with Gasteiger partial charge in [-0.25, -0.2) is 4.57 Å². The van der Waals surface area contributed by atoms with Crippen molar-refractivity contribution in [3.63, 3.8) is 0 Å². The van der Waals surface area contributed by atoms with E-state index in [9.17, 15) is 4.57 Å². The van der Waals surface area contributed by atoms with E-state index in [0.29, 0.717) is 6.40 Å². The lowest BCUT2D eigenvalue weighted by atomic mass is 10.4. The first-order chi connectivity index (χ1) is 5.18.